The Morgan fingerprint density at radius 3 is 1.97 bits per heavy atom. The molecule has 39 heavy (non-hydrogen) atoms. The summed E-state index contributed by atoms with van der Waals surface area (Å²) in [5.74, 6) is -1.94. The molecule has 2 aromatic carbocycles. The van der Waals surface area contributed by atoms with Gasteiger partial charge in [-0.1, -0.05) is 35.9 Å². The van der Waals surface area contributed by atoms with E-state index >= 15 is 0 Å². The Morgan fingerprint density at radius 2 is 1.41 bits per heavy atom. The van der Waals surface area contributed by atoms with E-state index in [4.69, 9.17) is 38.4 Å². The van der Waals surface area contributed by atoms with Gasteiger partial charge in [-0.3, -0.25) is 19.2 Å². The van der Waals surface area contributed by atoms with Crippen LogP contribution in [0.15, 0.2) is 42.5 Å². The van der Waals surface area contributed by atoms with Crippen LogP contribution in [0, 0.1) is 0 Å². The lowest BCUT2D eigenvalue weighted by Crippen LogP contribution is -2.59. The monoisotopic (exact) mass is 674 g/mol. The largest absolute Gasteiger partial charge is 0.463 e. The predicted molar refractivity (Wildman–Crippen MR) is 146 cm³/mol. The number of esters is 4. The number of benzene rings is 2. The molecule has 1 heterocycles. The lowest BCUT2D eigenvalue weighted by Gasteiger charge is -2.44. The van der Waals surface area contributed by atoms with Crippen LogP contribution in [0.25, 0.3) is 0 Å². The lowest BCUT2D eigenvalue weighted by atomic mass is 9.89. The van der Waals surface area contributed by atoms with Gasteiger partial charge >= 0.3 is 23.9 Å². The Kier molecular flexibility index (Phi) is 11.0. The zero-order valence-corrected chi connectivity index (χ0v) is 24.6. The van der Waals surface area contributed by atoms with Crippen LogP contribution in [-0.2, 0) is 49.3 Å². The third-order valence-electron chi connectivity index (χ3n) is 5.80. The summed E-state index contributed by atoms with van der Waals surface area (Å²) in [6.07, 6.45) is -5.24. The number of hydrogen-bond acceptors (Lipinski definition) is 10. The summed E-state index contributed by atoms with van der Waals surface area (Å²) in [6, 6.07) is 12.7. The minimum Gasteiger partial charge on any atom is -0.463 e. The summed E-state index contributed by atoms with van der Waals surface area (Å²) in [5, 5.41) is 0.499. The van der Waals surface area contributed by atoms with Crippen molar-refractivity contribution < 1.29 is 45.9 Å². The molecule has 0 N–H and O–H groups in total. The van der Waals surface area contributed by atoms with E-state index in [2.05, 4.69) is 0 Å². The summed E-state index contributed by atoms with van der Waals surface area (Å²) in [5.41, 5.74) is 2.28. The van der Waals surface area contributed by atoms with Crippen LogP contribution in [0.3, 0.4) is 0 Å². The second-order valence-corrected chi connectivity index (χ2v) is 9.72. The van der Waals surface area contributed by atoms with Gasteiger partial charge in [-0.05, 0) is 41.3 Å². The minimum atomic E-state index is -1.26. The van der Waals surface area contributed by atoms with Crippen molar-refractivity contribution in [1.82, 2.24) is 0 Å². The molecule has 10 nitrogen and oxygen atoms in total. The Labute approximate surface area is 244 Å². The molecule has 0 bridgehead atoms. The Morgan fingerprint density at radius 1 is 0.821 bits per heavy atom. The Bertz CT molecular complexity index is 1200. The first-order valence-electron chi connectivity index (χ1n) is 11.9. The lowest BCUT2D eigenvalue weighted by molar-refractivity contribution is -0.254. The second-order valence-electron chi connectivity index (χ2n) is 8.87. The van der Waals surface area contributed by atoms with E-state index < -0.39 is 54.4 Å². The molecular formula is C27H28ClIO10. The van der Waals surface area contributed by atoms with Gasteiger partial charge in [0.15, 0.2) is 41.3 Å². The Hall–Kier alpha value is -2.90. The molecule has 3 rings (SSSR count). The SMILES string of the molecule is CC(=O)OC[C@H]1O[C@@H](c2ccc(Cl)c(Cc3ccc(OI)cc3)c2)[C@H](OC(C)=O)[C@@H](OC(C)=O)[C@@H]1OC(C)=O. The molecule has 1 fully saturated rings. The van der Waals surface area contributed by atoms with Crippen molar-refractivity contribution in [2.45, 2.75) is 64.6 Å². The maximum Gasteiger partial charge on any atom is 0.303 e. The third kappa shape index (κ3) is 8.54. The number of ether oxygens (including phenoxy) is 5. The van der Waals surface area contributed by atoms with Gasteiger partial charge in [0.1, 0.15) is 24.6 Å². The molecule has 5 atom stereocenters. The van der Waals surface area contributed by atoms with E-state index in [0.717, 1.165) is 11.1 Å². The first-order valence-corrected chi connectivity index (χ1v) is 13.2. The third-order valence-corrected chi connectivity index (χ3v) is 6.67. The number of carbonyl (C=O) groups is 4. The maximum atomic E-state index is 12.1. The average Bonchev–Trinajstić information content (AvgIpc) is 2.86. The number of carbonyl (C=O) groups excluding carboxylic acids is 4. The van der Waals surface area contributed by atoms with E-state index in [0.29, 0.717) is 22.8 Å². The molecule has 0 radical (unpaired) electrons. The molecule has 0 aliphatic carbocycles. The van der Waals surface area contributed by atoms with Crippen molar-refractivity contribution in [2.75, 3.05) is 6.61 Å². The van der Waals surface area contributed by atoms with Gasteiger partial charge in [-0.2, -0.15) is 0 Å². The molecule has 1 saturated heterocycles. The number of rotatable bonds is 9. The van der Waals surface area contributed by atoms with Gasteiger partial charge < -0.3 is 26.8 Å². The Balaban J connectivity index is 2.05. The maximum absolute atomic E-state index is 12.1. The van der Waals surface area contributed by atoms with Gasteiger partial charge in [-0.25, -0.2) is 0 Å². The fourth-order valence-corrected chi connectivity index (χ4v) is 4.76. The molecule has 12 heteroatoms. The number of halogens is 2. The van der Waals surface area contributed by atoms with Gasteiger partial charge in [0, 0.05) is 32.7 Å². The van der Waals surface area contributed by atoms with Gasteiger partial charge in [0.05, 0.1) is 0 Å². The van der Waals surface area contributed by atoms with E-state index in [-0.39, 0.29) is 6.61 Å². The molecule has 2 aromatic rings. The van der Waals surface area contributed by atoms with Crippen LogP contribution in [-0.4, -0.2) is 54.9 Å². The second kappa shape index (κ2) is 13.9. The zero-order chi connectivity index (χ0) is 28.7. The van der Waals surface area contributed by atoms with Crippen molar-refractivity contribution in [3.8, 4) is 5.75 Å². The molecule has 210 valence electrons. The normalized spacial score (nSPS) is 22.4. The topological polar surface area (TPSA) is 124 Å². The highest BCUT2D eigenvalue weighted by Gasteiger charge is 2.52. The number of hydrogen-bond donors (Lipinski definition) is 0. The highest BCUT2D eigenvalue weighted by molar-refractivity contribution is 14.1. The molecule has 1 aliphatic rings. The smallest absolute Gasteiger partial charge is 0.303 e. The zero-order valence-electron chi connectivity index (χ0n) is 21.7. The van der Waals surface area contributed by atoms with Gasteiger partial charge in [0.2, 0.25) is 0 Å². The molecular weight excluding hydrogens is 647 g/mol. The molecule has 0 spiro atoms. The quantitative estimate of drug-likeness (QED) is 0.214. The summed E-state index contributed by atoms with van der Waals surface area (Å²) >= 11 is 8.32. The molecule has 1 aliphatic heterocycles. The standard InChI is InChI=1S/C27H28ClIO10/c1-14(30)34-13-23-25(35-15(2)31)27(37-17(4)33)26(36-16(3)32)24(38-23)19-7-10-22(28)20(12-19)11-18-5-8-21(39-29)9-6-18/h5-10,12,23-27H,11,13H2,1-4H3/t23-,24+,25-,26+,27+/m1/s1. The fourth-order valence-electron chi connectivity index (χ4n) is 4.28. The molecule has 0 amide bonds. The van der Waals surface area contributed by atoms with Crippen LogP contribution in [0.4, 0.5) is 0 Å². The summed E-state index contributed by atoms with van der Waals surface area (Å²) in [4.78, 5) is 47.7. The summed E-state index contributed by atoms with van der Waals surface area (Å²) in [6.45, 7) is 4.46. The first-order chi connectivity index (χ1) is 18.5. The van der Waals surface area contributed by atoms with Crippen molar-refractivity contribution in [2.24, 2.45) is 0 Å². The van der Waals surface area contributed by atoms with Crippen LogP contribution < -0.4 is 3.07 Å². The van der Waals surface area contributed by atoms with E-state index in [1.165, 1.54) is 27.7 Å². The van der Waals surface area contributed by atoms with Crippen molar-refractivity contribution >= 4 is 58.5 Å². The van der Waals surface area contributed by atoms with Crippen LogP contribution >= 0.6 is 34.6 Å². The average molecular weight is 675 g/mol. The van der Waals surface area contributed by atoms with Gasteiger partial charge in [0.25, 0.3) is 0 Å². The van der Waals surface area contributed by atoms with E-state index in [1.807, 2.05) is 24.3 Å². The molecule has 0 aromatic heterocycles. The highest BCUT2D eigenvalue weighted by atomic mass is 127. The fraction of sp³-hybridized carbons (Fsp3) is 0.407. The van der Waals surface area contributed by atoms with E-state index in [1.54, 1.807) is 41.2 Å². The highest BCUT2D eigenvalue weighted by Crippen LogP contribution is 2.39. The van der Waals surface area contributed by atoms with Crippen molar-refractivity contribution in [1.29, 1.82) is 0 Å². The first kappa shape index (κ1) is 30.6. The summed E-state index contributed by atoms with van der Waals surface area (Å²) in [7, 11) is 0. The predicted octanol–water partition coefficient (Wildman–Crippen LogP) is 4.46. The van der Waals surface area contributed by atoms with Gasteiger partial charge in [-0.15, -0.1) is 0 Å². The minimum absolute atomic E-state index is 0.306. The van der Waals surface area contributed by atoms with E-state index in [9.17, 15) is 19.2 Å². The summed E-state index contributed by atoms with van der Waals surface area (Å²) < 4.78 is 33.1. The van der Waals surface area contributed by atoms with Crippen molar-refractivity contribution in [3.63, 3.8) is 0 Å². The molecule has 0 unspecified atom stereocenters. The van der Waals surface area contributed by atoms with Crippen LogP contribution in [0.2, 0.25) is 5.02 Å². The molecule has 0 saturated carbocycles. The van der Waals surface area contributed by atoms with Crippen LogP contribution in [0.1, 0.15) is 50.5 Å². The van der Waals surface area contributed by atoms with Crippen LogP contribution in [0.5, 0.6) is 5.75 Å². The van der Waals surface area contributed by atoms with Crippen molar-refractivity contribution in [3.05, 3.63) is 64.2 Å².